The second kappa shape index (κ2) is 9.22. The van der Waals surface area contributed by atoms with Crippen molar-refractivity contribution in [3.63, 3.8) is 0 Å². The SMILES string of the molecule is CN=C(NCCOc1cccc(F)c1)NCc1nc(C(C)C)cs1. The molecule has 0 saturated heterocycles. The first kappa shape index (κ1) is 18.2. The van der Waals surface area contributed by atoms with E-state index in [0.717, 1.165) is 10.7 Å². The van der Waals surface area contributed by atoms with Crippen LogP contribution in [0.2, 0.25) is 0 Å². The van der Waals surface area contributed by atoms with Crippen LogP contribution in [0.4, 0.5) is 4.39 Å². The molecule has 24 heavy (non-hydrogen) atoms. The highest BCUT2D eigenvalue weighted by molar-refractivity contribution is 7.09. The summed E-state index contributed by atoms with van der Waals surface area (Å²) < 4.78 is 18.5. The molecular weight excluding hydrogens is 327 g/mol. The summed E-state index contributed by atoms with van der Waals surface area (Å²) in [5.41, 5.74) is 1.11. The number of hydrogen-bond acceptors (Lipinski definition) is 4. The van der Waals surface area contributed by atoms with Crippen LogP contribution in [0.5, 0.6) is 5.75 Å². The van der Waals surface area contributed by atoms with Gasteiger partial charge in [-0.2, -0.15) is 0 Å². The van der Waals surface area contributed by atoms with E-state index in [4.69, 9.17) is 4.74 Å². The zero-order valence-electron chi connectivity index (χ0n) is 14.2. The minimum absolute atomic E-state index is 0.304. The van der Waals surface area contributed by atoms with Gasteiger partial charge in [0, 0.05) is 18.5 Å². The third-order valence-corrected chi connectivity index (χ3v) is 4.12. The van der Waals surface area contributed by atoms with Crippen molar-refractivity contribution in [2.75, 3.05) is 20.2 Å². The topological polar surface area (TPSA) is 58.5 Å². The highest BCUT2D eigenvalue weighted by Crippen LogP contribution is 2.17. The van der Waals surface area contributed by atoms with Crippen molar-refractivity contribution >= 4 is 17.3 Å². The van der Waals surface area contributed by atoms with E-state index in [0.29, 0.717) is 37.3 Å². The second-order valence-corrected chi connectivity index (χ2v) is 6.42. The maximum Gasteiger partial charge on any atom is 0.191 e. The Morgan fingerprint density at radius 2 is 2.21 bits per heavy atom. The van der Waals surface area contributed by atoms with Crippen LogP contribution >= 0.6 is 11.3 Å². The van der Waals surface area contributed by atoms with E-state index in [1.165, 1.54) is 12.1 Å². The summed E-state index contributed by atoms with van der Waals surface area (Å²) in [7, 11) is 1.71. The number of halogens is 1. The van der Waals surface area contributed by atoms with Gasteiger partial charge in [-0.3, -0.25) is 4.99 Å². The maximum atomic E-state index is 13.0. The molecule has 2 N–H and O–H groups in total. The maximum absolute atomic E-state index is 13.0. The van der Waals surface area contributed by atoms with Crippen LogP contribution in [0.25, 0.3) is 0 Å². The molecule has 0 bridgehead atoms. The van der Waals surface area contributed by atoms with Gasteiger partial charge in [0.1, 0.15) is 23.2 Å². The van der Waals surface area contributed by atoms with Gasteiger partial charge < -0.3 is 15.4 Å². The number of benzene rings is 1. The summed E-state index contributed by atoms with van der Waals surface area (Å²) in [6, 6.07) is 6.10. The van der Waals surface area contributed by atoms with Crippen molar-refractivity contribution in [2.24, 2.45) is 4.99 Å². The van der Waals surface area contributed by atoms with Gasteiger partial charge in [0.25, 0.3) is 0 Å². The van der Waals surface area contributed by atoms with Crippen molar-refractivity contribution in [2.45, 2.75) is 26.3 Å². The Balaban J connectivity index is 1.70. The highest BCUT2D eigenvalue weighted by Gasteiger charge is 2.06. The van der Waals surface area contributed by atoms with Crippen molar-refractivity contribution in [1.82, 2.24) is 15.6 Å². The Morgan fingerprint density at radius 1 is 1.38 bits per heavy atom. The lowest BCUT2D eigenvalue weighted by molar-refractivity contribution is 0.320. The normalized spacial score (nSPS) is 11.6. The largest absolute Gasteiger partial charge is 0.492 e. The number of ether oxygens (including phenoxy) is 1. The average molecular weight is 350 g/mol. The molecule has 1 aromatic carbocycles. The molecule has 0 spiro atoms. The second-order valence-electron chi connectivity index (χ2n) is 5.48. The molecule has 5 nitrogen and oxygen atoms in total. The lowest BCUT2D eigenvalue weighted by Crippen LogP contribution is -2.38. The summed E-state index contributed by atoms with van der Waals surface area (Å²) in [4.78, 5) is 8.73. The van der Waals surface area contributed by atoms with E-state index < -0.39 is 0 Å². The molecule has 1 heterocycles. The molecule has 7 heteroatoms. The Morgan fingerprint density at radius 3 is 2.88 bits per heavy atom. The number of nitrogens with one attached hydrogen (secondary N) is 2. The highest BCUT2D eigenvalue weighted by atomic mass is 32.1. The van der Waals surface area contributed by atoms with Crippen molar-refractivity contribution < 1.29 is 9.13 Å². The van der Waals surface area contributed by atoms with E-state index in [2.05, 4.69) is 39.8 Å². The van der Waals surface area contributed by atoms with Gasteiger partial charge >= 0.3 is 0 Å². The summed E-state index contributed by atoms with van der Waals surface area (Å²) in [5, 5.41) is 9.48. The molecule has 0 fully saturated rings. The first-order valence-corrected chi connectivity index (χ1v) is 8.73. The van der Waals surface area contributed by atoms with Gasteiger partial charge in [-0.1, -0.05) is 19.9 Å². The lowest BCUT2D eigenvalue weighted by Gasteiger charge is -2.11. The molecule has 0 radical (unpaired) electrons. The van der Waals surface area contributed by atoms with E-state index in [-0.39, 0.29) is 5.82 Å². The molecule has 2 rings (SSSR count). The molecule has 0 aliphatic heterocycles. The molecule has 0 atom stereocenters. The van der Waals surface area contributed by atoms with Crippen LogP contribution in [0.15, 0.2) is 34.6 Å². The van der Waals surface area contributed by atoms with E-state index in [1.54, 1.807) is 30.5 Å². The molecule has 1 aromatic heterocycles. The third kappa shape index (κ3) is 5.81. The Hall–Kier alpha value is -2.15. The van der Waals surface area contributed by atoms with E-state index in [9.17, 15) is 4.39 Å². The molecule has 0 aliphatic carbocycles. The fourth-order valence-corrected chi connectivity index (χ4v) is 2.84. The smallest absolute Gasteiger partial charge is 0.191 e. The van der Waals surface area contributed by atoms with Crippen LogP contribution in [0.3, 0.4) is 0 Å². The van der Waals surface area contributed by atoms with Gasteiger partial charge in [0.2, 0.25) is 0 Å². The minimum atomic E-state index is -0.304. The van der Waals surface area contributed by atoms with Gasteiger partial charge in [-0.25, -0.2) is 9.37 Å². The monoisotopic (exact) mass is 350 g/mol. The Labute approximate surface area is 146 Å². The van der Waals surface area contributed by atoms with Gasteiger partial charge in [-0.05, 0) is 18.1 Å². The van der Waals surface area contributed by atoms with Crippen molar-refractivity contribution in [3.8, 4) is 5.75 Å². The summed E-state index contributed by atoms with van der Waals surface area (Å²) >= 11 is 1.64. The number of hydrogen-bond donors (Lipinski definition) is 2. The zero-order valence-corrected chi connectivity index (χ0v) is 15.0. The summed E-state index contributed by atoms with van der Waals surface area (Å²) in [5.74, 6) is 1.33. The van der Waals surface area contributed by atoms with Crippen LogP contribution < -0.4 is 15.4 Å². The fraction of sp³-hybridized carbons (Fsp3) is 0.412. The van der Waals surface area contributed by atoms with E-state index >= 15 is 0 Å². The molecular formula is C17H23FN4OS. The van der Waals surface area contributed by atoms with Crippen LogP contribution in [-0.2, 0) is 6.54 Å². The van der Waals surface area contributed by atoms with Gasteiger partial charge in [-0.15, -0.1) is 11.3 Å². The minimum Gasteiger partial charge on any atom is -0.492 e. The van der Waals surface area contributed by atoms with Crippen molar-refractivity contribution in [3.05, 3.63) is 46.2 Å². The first-order valence-electron chi connectivity index (χ1n) is 7.85. The van der Waals surface area contributed by atoms with Crippen LogP contribution in [0.1, 0.15) is 30.5 Å². The number of rotatable bonds is 7. The summed E-state index contributed by atoms with van der Waals surface area (Å²) in [6.07, 6.45) is 0. The molecule has 130 valence electrons. The zero-order chi connectivity index (χ0) is 17.4. The first-order chi connectivity index (χ1) is 11.6. The number of aromatic nitrogens is 1. The quantitative estimate of drug-likeness (QED) is 0.458. The van der Waals surface area contributed by atoms with Gasteiger partial charge in [0.05, 0.1) is 18.8 Å². The molecule has 0 aliphatic rings. The number of aliphatic imine (C=N–C) groups is 1. The molecule has 2 aromatic rings. The number of guanidine groups is 1. The lowest BCUT2D eigenvalue weighted by atomic mass is 10.2. The van der Waals surface area contributed by atoms with Crippen LogP contribution in [-0.4, -0.2) is 31.1 Å². The Kier molecular flexibility index (Phi) is 6.99. The number of thiazole rings is 1. The predicted octanol–water partition coefficient (Wildman–Crippen LogP) is 3.15. The van der Waals surface area contributed by atoms with Crippen molar-refractivity contribution in [1.29, 1.82) is 0 Å². The molecule has 0 unspecified atom stereocenters. The van der Waals surface area contributed by atoms with E-state index in [1.807, 2.05) is 0 Å². The summed E-state index contributed by atoms with van der Waals surface area (Å²) in [6.45, 7) is 5.86. The van der Waals surface area contributed by atoms with Gasteiger partial charge in [0.15, 0.2) is 5.96 Å². The number of nitrogens with zero attached hydrogens (tertiary/aromatic N) is 2. The predicted molar refractivity (Wildman–Crippen MR) is 96.3 cm³/mol. The molecule has 0 saturated carbocycles. The molecule has 0 amide bonds. The van der Waals surface area contributed by atoms with Crippen LogP contribution in [0, 0.1) is 5.82 Å². The third-order valence-electron chi connectivity index (χ3n) is 3.25. The Bertz CT molecular complexity index is 672. The standard InChI is InChI=1S/C17H23FN4OS/c1-12(2)15-11-24-16(22-15)10-21-17(19-3)20-7-8-23-14-6-4-5-13(18)9-14/h4-6,9,11-12H,7-8,10H2,1-3H3,(H2,19,20,21). The fourth-order valence-electron chi connectivity index (χ4n) is 1.95. The average Bonchev–Trinajstić information content (AvgIpc) is 3.03.